The van der Waals surface area contributed by atoms with Crippen LogP contribution in [0.15, 0.2) is 24.9 Å². The highest BCUT2D eigenvalue weighted by Gasteiger charge is 2.29. The first-order valence-electron chi connectivity index (χ1n) is 7.38. The van der Waals surface area contributed by atoms with Gasteiger partial charge in [-0.25, -0.2) is 0 Å². The molecule has 2 aliphatic rings. The van der Waals surface area contributed by atoms with E-state index in [0.29, 0.717) is 18.6 Å². The summed E-state index contributed by atoms with van der Waals surface area (Å²) < 4.78 is 13.3. The minimum absolute atomic E-state index is 0.469. The number of hydrogen-bond donors (Lipinski definition) is 0. The van der Waals surface area contributed by atoms with Crippen LogP contribution in [0.2, 0.25) is 0 Å². The Bertz CT molecular complexity index is 440. The van der Waals surface area contributed by atoms with Gasteiger partial charge in [0.05, 0.1) is 25.5 Å². The van der Waals surface area contributed by atoms with E-state index in [-0.39, 0.29) is 0 Å². The molecule has 0 aliphatic carbocycles. The van der Waals surface area contributed by atoms with Crippen LogP contribution in [0, 0.1) is 5.92 Å². The van der Waals surface area contributed by atoms with Gasteiger partial charge in [-0.15, -0.1) is 6.58 Å². The van der Waals surface area contributed by atoms with Crippen molar-refractivity contribution in [2.24, 2.45) is 5.92 Å². The van der Waals surface area contributed by atoms with Crippen molar-refractivity contribution >= 4 is 0 Å². The van der Waals surface area contributed by atoms with Gasteiger partial charge in [-0.1, -0.05) is 6.08 Å². The largest absolute Gasteiger partial charge is 0.380 e. The van der Waals surface area contributed by atoms with Gasteiger partial charge in [0.2, 0.25) is 0 Å². The van der Waals surface area contributed by atoms with E-state index < -0.39 is 0 Å². The Morgan fingerprint density at radius 1 is 1.50 bits per heavy atom. The minimum atomic E-state index is 0.469. The number of nitrogens with zero attached hydrogens (tertiary/aromatic N) is 3. The molecule has 0 amide bonds. The molecule has 0 N–H and O–H groups in total. The number of hydrogen-bond acceptors (Lipinski definition) is 4. The Hall–Kier alpha value is -1.17. The summed E-state index contributed by atoms with van der Waals surface area (Å²) in [7, 11) is 0. The van der Waals surface area contributed by atoms with Crippen LogP contribution in [0.4, 0.5) is 0 Å². The molecule has 20 heavy (non-hydrogen) atoms. The predicted octanol–water partition coefficient (Wildman–Crippen LogP) is 1.31. The monoisotopic (exact) mass is 277 g/mol. The van der Waals surface area contributed by atoms with E-state index in [2.05, 4.69) is 27.3 Å². The van der Waals surface area contributed by atoms with Gasteiger partial charge < -0.3 is 9.47 Å². The molecule has 3 heterocycles. The van der Waals surface area contributed by atoms with Crippen LogP contribution < -0.4 is 0 Å². The maximum Gasteiger partial charge on any atom is 0.0645 e. The zero-order valence-corrected chi connectivity index (χ0v) is 11.9. The molecule has 0 unspecified atom stereocenters. The number of aromatic nitrogens is 2. The molecular weight excluding hydrogens is 254 g/mol. The Labute approximate surface area is 120 Å². The molecule has 1 saturated heterocycles. The lowest BCUT2D eigenvalue weighted by atomic mass is 10.1. The highest BCUT2D eigenvalue weighted by molar-refractivity contribution is 5.03. The average Bonchev–Trinajstić information content (AvgIpc) is 3.08. The van der Waals surface area contributed by atoms with Crippen LogP contribution in [0.5, 0.6) is 0 Å². The fraction of sp³-hybridized carbons (Fsp3) is 0.667. The predicted molar refractivity (Wildman–Crippen MR) is 76.4 cm³/mol. The Morgan fingerprint density at radius 3 is 3.25 bits per heavy atom. The first kappa shape index (κ1) is 13.8. The molecule has 5 heteroatoms. The van der Waals surface area contributed by atoms with Crippen LogP contribution in [-0.2, 0) is 22.6 Å². The van der Waals surface area contributed by atoms with Gasteiger partial charge in [-0.2, -0.15) is 5.10 Å². The first-order chi connectivity index (χ1) is 9.86. The molecule has 1 aromatic rings. The quantitative estimate of drug-likeness (QED) is 0.601. The van der Waals surface area contributed by atoms with E-state index in [4.69, 9.17) is 9.47 Å². The number of ether oxygens (including phenoxy) is 2. The van der Waals surface area contributed by atoms with E-state index >= 15 is 0 Å². The summed E-state index contributed by atoms with van der Waals surface area (Å²) >= 11 is 0. The molecule has 2 atom stereocenters. The molecule has 3 rings (SSSR count). The van der Waals surface area contributed by atoms with Gasteiger partial charge in [0.1, 0.15) is 0 Å². The van der Waals surface area contributed by atoms with Crippen LogP contribution in [0.1, 0.15) is 12.1 Å². The van der Waals surface area contributed by atoms with E-state index in [1.807, 2.05) is 6.20 Å². The van der Waals surface area contributed by atoms with Gasteiger partial charge in [0.15, 0.2) is 0 Å². The second kappa shape index (κ2) is 6.52. The average molecular weight is 277 g/mol. The first-order valence-corrected chi connectivity index (χ1v) is 7.38. The van der Waals surface area contributed by atoms with E-state index in [9.17, 15) is 0 Å². The second-order valence-electron chi connectivity index (χ2n) is 5.64. The molecule has 1 aromatic heterocycles. The third-order valence-corrected chi connectivity index (χ3v) is 4.10. The van der Waals surface area contributed by atoms with Crippen LogP contribution in [0.25, 0.3) is 0 Å². The lowest BCUT2D eigenvalue weighted by molar-refractivity contribution is 0.0768. The number of rotatable bonds is 5. The SMILES string of the molecule is C=CCOC[C@@H]1CN([C@H]2CCOC2)Cc2ccnn2C1. The van der Waals surface area contributed by atoms with Crippen molar-refractivity contribution in [2.75, 3.05) is 33.0 Å². The molecule has 5 nitrogen and oxygen atoms in total. The Kier molecular flexibility index (Phi) is 4.50. The van der Waals surface area contributed by atoms with Crippen molar-refractivity contribution in [2.45, 2.75) is 25.6 Å². The molecule has 110 valence electrons. The number of fused-ring (bicyclic) bond motifs is 1. The third kappa shape index (κ3) is 3.11. The molecule has 0 saturated carbocycles. The van der Waals surface area contributed by atoms with Crippen molar-refractivity contribution in [3.63, 3.8) is 0 Å². The zero-order chi connectivity index (χ0) is 13.8. The normalized spacial score (nSPS) is 27.2. The maximum absolute atomic E-state index is 5.66. The smallest absolute Gasteiger partial charge is 0.0645 e. The summed E-state index contributed by atoms with van der Waals surface area (Å²) in [5.74, 6) is 0.469. The van der Waals surface area contributed by atoms with Crippen molar-refractivity contribution in [3.8, 4) is 0 Å². The summed E-state index contributed by atoms with van der Waals surface area (Å²) in [5, 5.41) is 4.44. The fourth-order valence-electron chi connectivity index (χ4n) is 3.08. The van der Waals surface area contributed by atoms with Crippen LogP contribution >= 0.6 is 0 Å². The minimum Gasteiger partial charge on any atom is -0.380 e. The third-order valence-electron chi connectivity index (χ3n) is 4.10. The molecule has 0 bridgehead atoms. The topological polar surface area (TPSA) is 39.5 Å². The van der Waals surface area contributed by atoms with Gasteiger partial charge in [0, 0.05) is 44.4 Å². The molecule has 1 fully saturated rings. The van der Waals surface area contributed by atoms with Crippen LogP contribution in [0.3, 0.4) is 0 Å². The van der Waals surface area contributed by atoms with Crippen molar-refractivity contribution in [1.29, 1.82) is 0 Å². The van der Waals surface area contributed by atoms with Crippen molar-refractivity contribution in [3.05, 3.63) is 30.6 Å². The molecule has 0 aromatic carbocycles. The van der Waals surface area contributed by atoms with Gasteiger partial charge in [-0.05, 0) is 12.5 Å². The summed E-state index contributed by atoms with van der Waals surface area (Å²) in [5.41, 5.74) is 1.29. The summed E-state index contributed by atoms with van der Waals surface area (Å²) in [6.45, 7) is 9.77. The van der Waals surface area contributed by atoms with Gasteiger partial charge in [-0.3, -0.25) is 9.58 Å². The fourth-order valence-corrected chi connectivity index (χ4v) is 3.08. The van der Waals surface area contributed by atoms with Gasteiger partial charge >= 0.3 is 0 Å². The highest BCUT2D eigenvalue weighted by Crippen LogP contribution is 2.22. The Morgan fingerprint density at radius 2 is 2.45 bits per heavy atom. The summed E-state index contributed by atoms with van der Waals surface area (Å²) in [6, 6.07) is 2.66. The molecule has 0 spiro atoms. The van der Waals surface area contributed by atoms with Crippen LogP contribution in [-0.4, -0.2) is 53.7 Å². The van der Waals surface area contributed by atoms with E-state index in [0.717, 1.165) is 45.9 Å². The second-order valence-corrected chi connectivity index (χ2v) is 5.64. The lowest BCUT2D eigenvalue weighted by Crippen LogP contribution is -2.38. The summed E-state index contributed by atoms with van der Waals surface area (Å²) in [4.78, 5) is 2.54. The standard InChI is InChI=1S/C15H23N3O2/c1-2-6-19-11-13-8-17(15-4-7-20-12-15)10-14-3-5-16-18(14)9-13/h2-3,5,13,15H,1,4,6-12H2/t13-,15+/m1/s1. The molecule has 0 radical (unpaired) electrons. The van der Waals surface area contributed by atoms with Crippen molar-refractivity contribution in [1.82, 2.24) is 14.7 Å². The van der Waals surface area contributed by atoms with E-state index in [1.54, 1.807) is 6.08 Å². The highest BCUT2D eigenvalue weighted by atomic mass is 16.5. The maximum atomic E-state index is 5.66. The zero-order valence-electron chi connectivity index (χ0n) is 11.9. The van der Waals surface area contributed by atoms with E-state index in [1.165, 1.54) is 5.69 Å². The Balaban J connectivity index is 1.70. The summed E-state index contributed by atoms with van der Waals surface area (Å²) in [6.07, 6.45) is 4.83. The lowest BCUT2D eigenvalue weighted by Gasteiger charge is -2.28. The molecule has 2 aliphatic heterocycles. The van der Waals surface area contributed by atoms with Crippen molar-refractivity contribution < 1.29 is 9.47 Å². The van der Waals surface area contributed by atoms with Gasteiger partial charge in [0.25, 0.3) is 0 Å². The molecular formula is C15H23N3O2.